The smallest absolute Gasteiger partial charge is 0.291 e. The number of amides is 1. The van der Waals surface area contributed by atoms with Crippen LogP contribution in [0.1, 0.15) is 29.0 Å². The number of nitrogens with one attached hydrogen (secondary N) is 1. The highest BCUT2D eigenvalue weighted by molar-refractivity contribution is 7.88. The monoisotopic (exact) mass is 421 g/mol. The Labute approximate surface area is 171 Å². The van der Waals surface area contributed by atoms with E-state index in [0.717, 1.165) is 24.1 Å². The number of nitrogens with zero attached hydrogens (tertiary/aromatic N) is 2. The maximum absolute atomic E-state index is 12.4. The van der Waals surface area contributed by atoms with Gasteiger partial charge in [0, 0.05) is 45.2 Å². The molecule has 8 nitrogen and oxygen atoms in total. The minimum atomic E-state index is -3.43. The predicted molar refractivity (Wildman–Crippen MR) is 112 cm³/mol. The zero-order chi connectivity index (χ0) is 21.0. The molecule has 1 amide bonds. The number of rotatable bonds is 8. The van der Waals surface area contributed by atoms with Crippen LogP contribution in [0.25, 0.3) is 0 Å². The lowest BCUT2D eigenvalue weighted by atomic mass is 10.1. The molecule has 1 saturated heterocycles. The van der Waals surface area contributed by atoms with E-state index in [4.69, 9.17) is 9.15 Å². The highest BCUT2D eigenvalue weighted by atomic mass is 32.2. The SMILES string of the molecule is CN(C)c1ccc(NC(=O)c2ccco2)cc1CN(C[C@@H]1CCCO1)S(C)(=O)=O. The number of hydrogen-bond donors (Lipinski definition) is 1. The van der Waals surface area contributed by atoms with E-state index in [1.165, 1.54) is 16.8 Å². The largest absolute Gasteiger partial charge is 0.459 e. The van der Waals surface area contributed by atoms with Crippen LogP contribution >= 0.6 is 0 Å². The first-order valence-corrected chi connectivity index (χ1v) is 11.3. The fourth-order valence-corrected chi connectivity index (χ4v) is 4.16. The Balaban J connectivity index is 1.85. The van der Waals surface area contributed by atoms with Gasteiger partial charge >= 0.3 is 0 Å². The molecule has 0 saturated carbocycles. The Kier molecular flexibility index (Phi) is 6.61. The number of anilines is 2. The summed E-state index contributed by atoms with van der Waals surface area (Å²) in [5.74, 6) is -0.155. The first-order valence-electron chi connectivity index (χ1n) is 9.46. The van der Waals surface area contributed by atoms with Crippen LogP contribution < -0.4 is 10.2 Å². The molecule has 9 heteroatoms. The highest BCUT2D eigenvalue weighted by Crippen LogP contribution is 2.26. The topological polar surface area (TPSA) is 92.1 Å². The molecule has 0 spiro atoms. The minimum absolute atomic E-state index is 0.0885. The normalized spacial score (nSPS) is 16.9. The summed E-state index contributed by atoms with van der Waals surface area (Å²) < 4.78 is 37.0. The summed E-state index contributed by atoms with van der Waals surface area (Å²) in [5.41, 5.74) is 2.23. The lowest BCUT2D eigenvalue weighted by Crippen LogP contribution is -2.36. The third kappa shape index (κ3) is 5.59. The van der Waals surface area contributed by atoms with Crippen LogP contribution in [0.3, 0.4) is 0 Å². The zero-order valence-electron chi connectivity index (χ0n) is 16.9. The minimum Gasteiger partial charge on any atom is -0.459 e. The third-order valence-electron chi connectivity index (χ3n) is 4.81. The summed E-state index contributed by atoms with van der Waals surface area (Å²) in [6.45, 7) is 1.17. The molecule has 1 N–H and O–H groups in total. The second-order valence-corrected chi connectivity index (χ2v) is 9.34. The lowest BCUT2D eigenvalue weighted by Gasteiger charge is -2.26. The maximum atomic E-state index is 12.4. The van der Waals surface area contributed by atoms with E-state index in [2.05, 4.69) is 5.32 Å². The van der Waals surface area contributed by atoms with Gasteiger partial charge < -0.3 is 19.4 Å². The number of carbonyl (C=O) groups excluding carboxylic acids is 1. The number of furan rings is 1. The van der Waals surface area contributed by atoms with Gasteiger partial charge in [0.25, 0.3) is 5.91 Å². The summed E-state index contributed by atoms with van der Waals surface area (Å²) >= 11 is 0. The molecule has 2 heterocycles. The van der Waals surface area contributed by atoms with Crippen molar-refractivity contribution in [3.63, 3.8) is 0 Å². The van der Waals surface area contributed by atoms with Crippen molar-refractivity contribution in [1.29, 1.82) is 0 Å². The summed E-state index contributed by atoms with van der Waals surface area (Å²) in [7, 11) is 0.355. The quantitative estimate of drug-likeness (QED) is 0.704. The molecule has 1 atom stereocenters. The van der Waals surface area contributed by atoms with Gasteiger partial charge in [-0.25, -0.2) is 8.42 Å². The van der Waals surface area contributed by atoms with Crippen LogP contribution in [-0.2, 0) is 21.3 Å². The number of ether oxygens (including phenoxy) is 1. The molecule has 2 aromatic rings. The first-order chi connectivity index (χ1) is 13.7. The van der Waals surface area contributed by atoms with Gasteiger partial charge in [-0.15, -0.1) is 0 Å². The van der Waals surface area contributed by atoms with Crippen molar-refractivity contribution >= 4 is 27.3 Å². The van der Waals surface area contributed by atoms with E-state index in [0.29, 0.717) is 18.8 Å². The van der Waals surface area contributed by atoms with Crippen LogP contribution in [0.5, 0.6) is 0 Å². The highest BCUT2D eigenvalue weighted by Gasteiger charge is 2.26. The summed E-state index contributed by atoms with van der Waals surface area (Å²) in [4.78, 5) is 14.2. The maximum Gasteiger partial charge on any atom is 0.291 e. The summed E-state index contributed by atoms with van der Waals surface area (Å²) in [5, 5.41) is 2.79. The van der Waals surface area contributed by atoms with Gasteiger partial charge in [-0.05, 0) is 48.7 Å². The fraction of sp³-hybridized carbons (Fsp3) is 0.450. The Hall–Kier alpha value is -2.36. The fourth-order valence-electron chi connectivity index (χ4n) is 3.35. The number of carbonyl (C=O) groups is 1. The molecule has 0 aliphatic carbocycles. The van der Waals surface area contributed by atoms with Gasteiger partial charge in [-0.2, -0.15) is 4.31 Å². The van der Waals surface area contributed by atoms with E-state index in [1.54, 1.807) is 24.3 Å². The second-order valence-electron chi connectivity index (χ2n) is 7.36. The molecule has 29 heavy (non-hydrogen) atoms. The molecular weight excluding hydrogens is 394 g/mol. The van der Waals surface area contributed by atoms with Crippen LogP contribution in [-0.4, -0.2) is 58.2 Å². The molecule has 3 rings (SSSR count). The van der Waals surface area contributed by atoms with Gasteiger partial charge in [0.2, 0.25) is 10.0 Å². The van der Waals surface area contributed by atoms with E-state index in [9.17, 15) is 13.2 Å². The molecule has 1 aromatic heterocycles. The Bertz CT molecular complexity index is 935. The van der Waals surface area contributed by atoms with Crippen LogP contribution in [0.15, 0.2) is 41.0 Å². The van der Waals surface area contributed by atoms with E-state index in [-0.39, 0.29) is 24.3 Å². The molecule has 0 radical (unpaired) electrons. The Morgan fingerprint density at radius 3 is 2.66 bits per heavy atom. The molecular formula is C20H27N3O5S. The van der Waals surface area contributed by atoms with Gasteiger partial charge in [-0.1, -0.05) is 0 Å². The van der Waals surface area contributed by atoms with Gasteiger partial charge in [0.15, 0.2) is 5.76 Å². The van der Waals surface area contributed by atoms with Crippen molar-refractivity contribution in [2.75, 3.05) is 43.7 Å². The molecule has 1 aromatic carbocycles. The van der Waals surface area contributed by atoms with E-state index < -0.39 is 10.0 Å². The third-order valence-corrected chi connectivity index (χ3v) is 6.03. The number of hydrogen-bond acceptors (Lipinski definition) is 6. The molecule has 0 unspecified atom stereocenters. The second kappa shape index (κ2) is 8.98. The number of sulfonamides is 1. The molecule has 158 valence electrons. The standard InChI is InChI=1S/C20H27N3O5S/c1-22(2)18-9-8-16(21-20(24)19-7-5-11-28-19)12-15(18)13-23(29(3,25)26)14-17-6-4-10-27-17/h5,7-9,11-12,17H,4,6,10,13-14H2,1-3H3,(H,21,24)/t17-/m0/s1. The van der Waals surface area contributed by atoms with Crippen molar-refractivity contribution in [2.45, 2.75) is 25.5 Å². The Morgan fingerprint density at radius 1 is 1.28 bits per heavy atom. The molecule has 1 aliphatic rings. The van der Waals surface area contributed by atoms with Crippen LogP contribution in [0.4, 0.5) is 11.4 Å². The molecule has 0 bridgehead atoms. The molecule has 1 fully saturated rings. The average Bonchev–Trinajstić information content (AvgIpc) is 3.34. The van der Waals surface area contributed by atoms with Crippen molar-refractivity contribution in [2.24, 2.45) is 0 Å². The summed E-state index contributed by atoms with van der Waals surface area (Å²) in [6, 6.07) is 8.66. The van der Waals surface area contributed by atoms with Crippen LogP contribution in [0, 0.1) is 0 Å². The van der Waals surface area contributed by atoms with Crippen molar-refractivity contribution in [3.8, 4) is 0 Å². The van der Waals surface area contributed by atoms with E-state index >= 15 is 0 Å². The van der Waals surface area contributed by atoms with E-state index in [1.807, 2.05) is 25.1 Å². The average molecular weight is 422 g/mol. The predicted octanol–water partition coefficient (Wildman–Crippen LogP) is 2.54. The van der Waals surface area contributed by atoms with Crippen molar-refractivity contribution in [3.05, 3.63) is 47.9 Å². The zero-order valence-corrected chi connectivity index (χ0v) is 17.7. The van der Waals surface area contributed by atoms with Gasteiger partial charge in [0.1, 0.15) is 0 Å². The first kappa shape index (κ1) is 21.4. The van der Waals surface area contributed by atoms with Crippen molar-refractivity contribution < 1.29 is 22.4 Å². The van der Waals surface area contributed by atoms with Crippen molar-refractivity contribution in [1.82, 2.24) is 4.31 Å². The number of benzene rings is 1. The summed E-state index contributed by atoms with van der Waals surface area (Å²) in [6.07, 6.45) is 4.35. The Morgan fingerprint density at radius 2 is 2.07 bits per heavy atom. The van der Waals surface area contributed by atoms with Crippen LogP contribution in [0.2, 0.25) is 0 Å². The van der Waals surface area contributed by atoms with Gasteiger partial charge in [0.05, 0.1) is 18.6 Å². The van der Waals surface area contributed by atoms with Gasteiger partial charge in [-0.3, -0.25) is 4.79 Å². The lowest BCUT2D eigenvalue weighted by molar-refractivity contribution is 0.0928. The molecule has 1 aliphatic heterocycles.